The third-order valence-corrected chi connectivity index (χ3v) is 6.16. The van der Waals surface area contributed by atoms with Gasteiger partial charge in [0.25, 0.3) is 5.91 Å². The molecule has 1 saturated carbocycles. The number of fused-ring (bicyclic) bond motifs is 1. The lowest BCUT2D eigenvalue weighted by Gasteiger charge is -2.35. The molecule has 4 rings (SSSR count). The largest absolute Gasteiger partial charge is 0.483 e. The third-order valence-electron chi connectivity index (χ3n) is 6.16. The number of likely N-dealkylation sites (tertiary alicyclic amines) is 1. The van der Waals surface area contributed by atoms with Gasteiger partial charge in [-0.2, -0.15) is 0 Å². The fourth-order valence-corrected chi connectivity index (χ4v) is 3.81. The zero-order chi connectivity index (χ0) is 19.7. The molecule has 6 nitrogen and oxygen atoms in total. The summed E-state index contributed by atoms with van der Waals surface area (Å²) >= 11 is 0. The van der Waals surface area contributed by atoms with Crippen LogP contribution in [0.3, 0.4) is 0 Å². The maximum Gasteiger partial charge on any atom is 0.260 e. The quantitative estimate of drug-likeness (QED) is 0.712. The Hall–Kier alpha value is -2.50. The van der Waals surface area contributed by atoms with Gasteiger partial charge in [-0.05, 0) is 51.2 Å². The van der Waals surface area contributed by atoms with Gasteiger partial charge in [0.1, 0.15) is 5.75 Å². The van der Waals surface area contributed by atoms with E-state index in [1.54, 1.807) is 0 Å². The van der Waals surface area contributed by atoms with E-state index in [0.717, 1.165) is 60.5 Å². The Kier molecular flexibility index (Phi) is 5.29. The van der Waals surface area contributed by atoms with Crippen LogP contribution < -0.4 is 15.0 Å². The predicted molar refractivity (Wildman–Crippen MR) is 112 cm³/mol. The van der Waals surface area contributed by atoms with Gasteiger partial charge in [0.05, 0.1) is 0 Å². The van der Waals surface area contributed by atoms with E-state index in [1.165, 1.54) is 19.1 Å². The van der Waals surface area contributed by atoms with E-state index in [-0.39, 0.29) is 12.5 Å². The number of allylic oxidation sites excluding steroid dienone is 1. The van der Waals surface area contributed by atoms with Crippen molar-refractivity contribution in [1.82, 2.24) is 10.2 Å². The van der Waals surface area contributed by atoms with Crippen LogP contribution in [0.4, 0.5) is 5.69 Å². The van der Waals surface area contributed by atoms with Crippen LogP contribution in [-0.2, 0) is 11.2 Å². The Bertz CT molecular complexity index is 796. The second kappa shape index (κ2) is 7.86. The number of carbonyl (C=O) groups excluding carboxylic acids is 1. The van der Waals surface area contributed by atoms with Crippen molar-refractivity contribution in [3.8, 4) is 5.75 Å². The van der Waals surface area contributed by atoms with Gasteiger partial charge in [-0.25, -0.2) is 0 Å². The average molecular weight is 383 g/mol. The van der Waals surface area contributed by atoms with Crippen LogP contribution in [0.2, 0.25) is 0 Å². The molecule has 0 spiro atoms. The number of amides is 1. The number of carbonyl (C=O) groups is 1. The van der Waals surface area contributed by atoms with Crippen molar-refractivity contribution in [3.05, 3.63) is 29.5 Å². The number of anilines is 1. The molecule has 2 fully saturated rings. The summed E-state index contributed by atoms with van der Waals surface area (Å²) in [6.45, 7) is 3.95. The molecule has 6 heteroatoms. The summed E-state index contributed by atoms with van der Waals surface area (Å²) in [4.78, 5) is 16.5. The van der Waals surface area contributed by atoms with Gasteiger partial charge in [0, 0.05) is 67.0 Å². The predicted octanol–water partition coefficient (Wildman–Crippen LogP) is 2.81. The molecule has 2 heterocycles. The summed E-state index contributed by atoms with van der Waals surface area (Å²) < 4.78 is 6.15. The summed E-state index contributed by atoms with van der Waals surface area (Å²) in [6.07, 6.45) is 8.71. The number of nitrogens with one attached hydrogen (secondary N) is 2. The molecular formula is C22H30N4O2. The van der Waals surface area contributed by atoms with Crippen LogP contribution in [0.25, 0.3) is 5.57 Å². The van der Waals surface area contributed by atoms with Crippen molar-refractivity contribution in [2.75, 3.05) is 31.6 Å². The molecule has 1 aromatic rings. The Morgan fingerprint density at radius 1 is 1.32 bits per heavy atom. The van der Waals surface area contributed by atoms with Gasteiger partial charge in [-0.3, -0.25) is 4.79 Å². The number of nitrogens with zero attached hydrogens (tertiary/aromatic N) is 2. The number of benzene rings is 1. The minimum atomic E-state index is 0.0452. The van der Waals surface area contributed by atoms with Crippen molar-refractivity contribution >= 4 is 23.4 Å². The average Bonchev–Trinajstić information content (AvgIpc) is 3.47. The highest BCUT2D eigenvalue weighted by Gasteiger charge is 2.27. The smallest absolute Gasteiger partial charge is 0.260 e. The fraction of sp³-hybridized carbons (Fsp3) is 0.545. The highest BCUT2D eigenvalue weighted by Crippen LogP contribution is 2.40. The Balaban J connectivity index is 1.66. The molecule has 1 aromatic carbocycles. The van der Waals surface area contributed by atoms with Gasteiger partial charge in [-0.15, -0.1) is 0 Å². The maximum absolute atomic E-state index is 12.4. The number of hydrogen-bond acceptors (Lipinski definition) is 5. The van der Waals surface area contributed by atoms with Crippen molar-refractivity contribution in [1.29, 1.82) is 5.41 Å². The summed E-state index contributed by atoms with van der Waals surface area (Å²) in [5.74, 6) is 0.807. The van der Waals surface area contributed by atoms with E-state index in [9.17, 15) is 4.79 Å². The molecule has 2 N–H and O–H groups in total. The van der Waals surface area contributed by atoms with Gasteiger partial charge in [0.2, 0.25) is 0 Å². The molecule has 2 aliphatic heterocycles. The third kappa shape index (κ3) is 3.73. The first-order valence-corrected chi connectivity index (χ1v) is 10.3. The van der Waals surface area contributed by atoms with Crippen LogP contribution in [0, 0.1) is 5.41 Å². The molecule has 3 aliphatic rings. The summed E-state index contributed by atoms with van der Waals surface area (Å²) in [5, 5.41) is 11.3. The van der Waals surface area contributed by atoms with Gasteiger partial charge in [0.15, 0.2) is 6.61 Å². The van der Waals surface area contributed by atoms with E-state index in [1.807, 2.05) is 17.2 Å². The van der Waals surface area contributed by atoms with E-state index < -0.39 is 0 Å². The second-order valence-corrected chi connectivity index (χ2v) is 8.15. The van der Waals surface area contributed by atoms with Gasteiger partial charge >= 0.3 is 0 Å². The van der Waals surface area contributed by atoms with Crippen molar-refractivity contribution in [3.63, 3.8) is 0 Å². The Morgan fingerprint density at radius 3 is 2.75 bits per heavy atom. The summed E-state index contributed by atoms with van der Waals surface area (Å²) in [7, 11) is 2.11. The molecule has 0 aromatic heterocycles. The normalized spacial score (nSPS) is 21.6. The number of rotatable bonds is 7. The molecule has 1 atom stereocenters. The van der Waals surface area contributed by atoms with Crippen molar-refractivity contribution < 1.29 is 9.53 Å². The minimum Gasteiger partial charge on any atom is -0.483 e. The lowest BCUT2D eigenvalue weighted by atomic mass is 9.92. The topological polar surface area (TPSA) is 68.7 Å². The lowest BCUT2D eigenvalue weighted by molar-refractivity contribution is -0.136. The van der Waals surface area contributed by atoms with Gasteiger partial charge in [-0.1, -0.05) is 0 Å². The molecule has 1 unspecified atom stereocenters. The van der Waals surface area contributed by atoms with Crippen LogP contribution in [0.5, 0.6) is 5.75 Å². The van der Waals surface area contributed by atoms with Crippen molar-refractivity contribution in [2.45, 2.75) is 51.1 Å². The number of ether oxygens (including phenoxy) is 1. The zero-order valence-corrected chi connectivity index (χ0v) is 16.8. The second-order valence-electron chi connectivity index (χ2n) is 8.15. The monoisotopic (exact) mass is 382 g/mol. The minimum absolute atomic E-state index is 0.0452. The van der Waals surface area contributed by atoms with Gasteiger partial charge < -0.3 is 25.3 Å². The fourth-order valence-electron chi connectivity index (χ4n) is 3.81. The molecule has 1 amide bonds. The molecule has 0 radical (unpaired) electrons. The van der Waals surface area contributed by atoms with E-state index >= 15 is 0 Å². The highest BCUT2D eigenvalue weighted by atomic mass is 16.5. The maximum atomic E-state index is 12.4. The molecule has 0 bridgehead atoms. The first-order valence-electron chi connectivity index (χ1n) is 10.3. The van der Waals surface area contributed by atoms with Crippen LogP contribution in [0.15, 0.2) is 18.3 Å². The molecule has 150 valence electrons. The highest BCUT2D eigenvalue weighted by molar-refractivity contribution is 6.09. The van der Waals surface area contributed by atoms with E-state index in [4.69, 9.17) is 10.1 Å². The molecule has 28 heavy (non-hydrogen) atoms. The van der Waals surface area contributed by atoms with Crippen LogP contribution >= 0.6 is 0 Å². The number of hydrogen-bond donors (Lipinski definition) is 2. The van der Waals surface area contributed by atoms with E-state index in [2.05, 4.69) is 30.3 Å². The SMILES string of the molecule is CC1CCc2c(ccc(/C(C=N)=C/NC3CC3)c2OCC(=O)N2CCC2)N1C. The van der Waals surface area contributed by atoms with E-state index in [0.29, 0.717) is 12.1 Å². The first-order chi connectivity index (χ1) is 13.6. The lowest BCUT2D eigenvalue weighted by Crippen LogP contribution is -2.44. The Morgan fingerprint density at radius 2 is 2.11 bits per heavy atom. The van der Waals surface area contributed by atoms with Crippen LogP contribution in [-0.4, -0.2) is 55.8 Å². The summed E-state index contributed by atoms with van der Waals surface area (Å²) in [6, 6.07) is 5.15. The van der Waals surface area contributed by atoms with Crippen molar-refractivity contribution in [2.24, 2.45) is 0 Å². The summed E-state index contributed by atoms with van der Waals surface area (Å²) in [5.41, 5.74) is 3.99. The first kappa shape index (κ1) is 18.8. The standard InChI is InChI=1S/C22H30N4O2/c1-15-4-7-19-20(25(15)2)9-8-18(16(12-23)13-24-17-5-6-17)22(19)28-14-21(27)26-10-3-11-26/h8-9,12-13,15,17,23-24H,3-7,10-11,14H2,1-2H3/b16-13+,23-12?. The Labute approximate surface area is 167 Å². The molecule has 1 saturated heterocycles. The molecular weight excluding hydrogens is 352 g/mol. The zero-order valence-electron chi connectivity index (χ0n) is 16.8. The van der Waals surface area contributed by atoms with Crippen LogP contribution in [0.1, 0.15) is 43.7 Å². The molecule has 1 aliphatic carbocycles.